The third-order valence-corrected chi connectivity index (χ3v) is 9.38. The molecule has 4 aromatic rings. The summed E-state index contributed by atoms with van der Waals surface area (Å²) in [6.07, 6.45) is 5.61. The Kier molecular flexibility index (Phi) is 7.58. The van der Waals surface area contributed by atoms with Crippen LogP contribution in [0, 0.1) is 0 Å². The molecule has 0 spiro atoms. The topological polar surface area (TPSA) is 0 Å². The molecule has 4 rings (SSSR count). The van der Waals surface area contributed by atoms with Crippen molar-refractivity contribution < 1.29 is 0 Å². The third kappa shape index (κ3) is 4.75. The Bertz CT molecular complexity index is 916. The van der Waals surface area contributed by atoms with Crippen molar-refractivity contribution in [3.8, 4) is 0 Å². The average Bonchev–Trinajstić information content (AvgIpc) is 2.79. The lowest BCUT2D eigenvalue weighted by molar-refractivity contribution is 1.63. The van der Waals surface area contributed by atoms with E-state index < -0.39 is 7.26 Å². The van der Waals surface area contributed by atoms with Gasteiger partial charge in [0.1, 0.15) is 23.2 Å². The van der Waals surface area contributed by atoms with Crippen molar-refractivity contribution in [2.24, 2.45) is 0 Å². The zero-order chi connectivity index (χ0) is 19.1. The van der Waals surface area contributed by atoms with Gasteiger partial charge in [-0.1, -0.05) is 91.0 Å². The van der Waals surface area contributed by atoms with Gasteiger partial charge < -0.3 is 0 Å². The number of benzene rings is 4. The summed E-state index contributed by atoms with van der Waals surface area (Å²) in [5, 5.41) is 4.26. The maximum Gasteiger partial charge on any atom is 0.115 e. The predicted molar refractivity (Wildman–Crippen MR) is 136 cm³/mol. The Hall–Kier alpha value is -2.47. The second-order valence-electron chi connectivity index (χ2n) is 6.81. The fourth-order valence-electron chi connectivity index (χ4n) is 3.72. The van der Waals surface area contributed by atoms with Gasteiger partial charge in [-0.3, -0.25) is 0 Å². The molecule has 0 heterocycles. The van der Waals surface area contributed by atoms with Gasteiger partial charge in [0.05, 0.1) is 6.16 Å². The molecular formula is C27H25BrP+. The van der Waals surface area contributed by atoms with Crippen LogP contribution in [0.3, 0.4) is 0 Å². The van der Waals surface area contributed by atoms with Crippen LogP contribution in [-0.4, -0.2) is 6.16 Å². The predicted octanol–water partition coefficient (Wildman–Crippen LogP) is 6.27. The lowest BCUT2D eigenvalue weighted by atomic mass is 10.2. The Morgan fingerprint density at radius 1 is 0.483 bits per heavy atom. The van der Waals surface area contributed by atoms with Crippen LogP contribution in [-0.2, 0) is 0 Å². The first-order chi connectivity index (χ1) is 13.9. The summed E-state index contributed by atoms with van der Waals surface area (Å²) in [6, 6.07) is 43.6. The molecule has 0 aliphatic heterocycles. The highest BCUT2D eigenvalue weighted by Gasteiger charge is 2.43. The highest BCUT2D eigenvalue weighted by atomic mass is 79.9. The fraction of sp³-hybridized carbons (Fsp3) is 0.0370. The molecule has 0 N–H and O–H groups in total. The molecule has 0 amide bonds. The second-order valence-corrected chi connectivity index (χ2v) is 10.3. The summed E-state index contributed by atoms with van der Waals surface area (Å²) in [5.41, 5.74) is 1.25. The van der Waals surface area contributed by atoms with Gasteiger partial charge in [0.25, 0.3) is 0 Å². The van der Waals surface area contributed by atoms with Crippen molar-refractivity contribution in [1.29, 1.82) is 0 Å². The molecule has 0 aliphatic carbocycles. The molecule has 144 valence electrons. The Labute approximate surface area is 185 Å². The highest BCUT2D eigenvalue weighted by Crippen LogP contribution is 2.55. The quantitative estimate of drug-likeness (QED) is 0.298. The van der Waals surface area contributed by atoms with E-state index in [-0.39, 0.29) is 17.0 Å². The van der Waals surface area contributed by atoms with Crippen LogP contribution in [0.15, 0.2) is 127 Å². The highest BCUT2D eigenvalue weighted by molar-refractivity contribution is 8.93. The van der Waals surface area contributed by atoms with E-state index in [0.717, 1.165) is 6.16 Å². The molecule has 0 saturated carbocycles. The van der Waals surface area contributed by atoms with Crippen molar-refractivity contribution in [2.75, 3.05) is 6.16 Å². The van der Waals surface area contributed by atoms with E-state index in [4.69, 9.17) is 0 Å². The number of hydrogen-bond acceptors (Lipinski definition) is 0. The molecule has 0 saturated heterocycles. The molecule has 4 aromatic carbocycles. The van der Waals surface area contributed by atoms with Crippen LogP contribution in [0.5, 0.6) is 0 Å². The van der Waals surface area contributed by atoms with Gasteiger partial charge in [0.15, 0.2) is 0 Å². The normalized spacial score (nSPS) is 11.2. The number of halogens is 1. The van der Waals surface area contributed by atoms with Crippen LogP contribution in [0.25, 0.3) is 6.08 Å². The fourth-order valence-corrected chi connectivity index (χ4v) is 7.71. The van der Waals surface area contributed by atoms with Gasteiger partial charge in [0.2, 0.25) is 0 Å². The Morgan fingerprint density at radius 3 is 1.21 bits per heavy atom. The lowest BCUT2D eigenvalue weighted by Crippen LogP contribution is -2.32. The summed E-state index contributed by atoms with van der Waals surface area (Å²) >= 11 is 0. The monoisotopic (exact) mass is 459 g/mol. The minimum atomic E-state index is -1.78. The molecular weight excluding hydrogens is 435 g/mol. The second kappa shape index (κ2) is 10.3. The van der Waals surface area contributed by atoms with Gasteiger partial charge in [-0.25, -0.2) is 0 Å². The first-order valence-corrected chi connectivity index (χ1v) is 11.6. The SMILES string of the molecule is Br.C(=Cc1ccccc1)C[P+](c1ccccc1)(c1ccccc1)c1ccccc1. The van der Waals surface area contributed by atoms with E-state index in [1.54, 1.807) is 0 Å². The van der Waals surface area contributed by atoms with Gasteiger partial charge in [0, 0.05) is 0 Å². The third-order valence-electron chi connectivity index (χ3n) is 5.08. The van der Waals surface area contributed by atoms with Crippen molar-refractivity contribution in [3.05, 3.63) is 133 Å². The van der Waals surface area contributed by atoms with Crippen LogP contribution in [0.1, 0.15) is 5.56 Å². The maximum atomic E-state index is 2.36. The van der Waals surface area contributed by atoms with Crippen molar-refractivity contribution >= 4 is 46.2 Å². The smallest absolute Gasteiger partial charge is 0.114 e. The lowest BCUT2D eigenvalue weighted by Gasteiger charge is -2.26. The average molecular weight is 460 g/mol. The van der Waals surface area contributed by atoms with Crippen molar-refractivity contribution in [2.45, 2.75) is 0 Å². The Morgan fingerprint density at radius 2 is 0.828 bits per heavy atom. The maximum absolute atomic E-state index is 2.36. The summed E-state index contributed by atoms with van der Waals surface area (Å²) in [7, 11) is -1.78. The van der Waals surface area contributed by atoms with Crippen molar-refractivity contribution in [1.82, 2.24) is 0 Å². The largest absolute Gasteiger partial charge is 0.115 e. The molecule has 0 bridgehead atoms. The van der Waals surface area contributed by atoms with E-state index in [2.05, 4.69) is 133 Å². The molecule has 0 unspecified atom stereocenters. The molecule has 0 fully saturated rings. The van der Waals surface area contributed by atoms with E-state index in [1.807, 2.05) is 0 Å². The van der Waals surface area contributed by atoms with E-state index in [1.165, 1.54) is 21.5 Å². The molecule has 0 radical (unpaired) electrons. The van der Waals surface area contributed by atoms with Crippen LogP contribution < -0.4 is 15.9 Å². The van der Waals surface area contributed by atoms with Crippen LogP contribution in [0.2, 0.25) is 0 Å². The molecule has 29 heavy (non-hydrogen) atoms. The molecule has 0 aromatic heterocycles. The van der Waals surface area contributed by atoms with E-state index in [0.29, 0.717) is 0 Å². The summed E-state index contributed by atoms with van der Waals surface area (Å²) in [4.78, 5) is 0. The van der Waals surface area contributed by atoms with Gasteiger partial charge in [-0.05, 0) is 48.0 Å². The summed E-state index contributed by atoms with van der Waals surface area (Å²) in [5.74, 6) is 0. The summed E-state index contributed by atoms with van der Waals surface area (Å²) < 4.78 is 0. The first kappa shape index (κ1) is 21.2. The zero-order valence-electron chi connectivity index (χ0n) is 16.3. The molecule has 0 aliphatic rings. The Balaban J connectivity index is 0.00000240. The number of allylic oxidation sites excluding steroid dienone is 1. The van der Waals surface area contributed by atoms with E-state index in [9.17, 15) is 0 Å². The molecule has 0 atom stereocenters. The minimum Gasteiger partial charge on any atom is -0.114 e. The van der Waals surface area contributed by atoms with Gasteiger partial charge in [-0.2, -0.15) is 0 Å². The van der Waals surface area contributed by atoms with Crippen molar-refractivity contribution in [3.63, 3.8) is 0 Å². The standard InChI is InChI=1S/C27H24P.BrH/c1-5-14-24(15-6-1)16-13-23-28(25-17-7-2-8-18-25,26-19-9-3-10-20-26)27-21-11-4-12-22-27;/h1-22H,23H2;1H/q+1;. The van der Waals surface area contributed by atoms with Crippen LogP contribution in [0.4, 0.5) is 0 Å². The van der Waals surface area contributed by atoms with Crippen LogP contribution >= 0.6 is 24.2 Å². The zero-order valence-corrected chi connectivity index (χ0v) is 18.9. The molecule has 0 nitrogen and oxygen atoms in total. The van der Waals surface area contributed by atoms with Gasteiger partial charge in [-0.15, -0.1) is 17.0 Å². The number of rotatable bonds is 6. The minimum absolute atomic E-state index is 0. The van der Waals surface area contributed by atoms with E-state index >= 15 is 0 Å². The van der Waals surface area contributed by atoms with Gasteiger partial charge >= 0.3 is 0 Å². The number of hydrogen-bond donors (Lipinski definition) is 0. The summed E-state index contributed by atoms with van der Waals surface area (Å²) in [6.45, 7) is 0. The molecule has 2 heteroatoms. The first-order valence-electron chi connectivity index (χ1n) is 9.66.